The van der Waals surface area contributed by atoms with E-state index in [9.17, 15) is 4.79 Å². The van der Waals surface area contributed by atoms with Crippen LogP contribution < -0.4 is 5.32 Å². The Balaban J connectivity index is 1.26. The van der Waals surface area contributed by atoms with Gasteiger partial charge in [-0.1, -0.05) is 37.1 Å². The molecule has 3 heterocycles. The molecule has 1 atom stereocenters. The van der Waals surface area contributed by atoms with E-state index in [0.29, 0.717) is 0 Å². The Morgan fingerprint density at radius 2 is 1.86 bits per heavy atom. The van der Waals surface area contributed by atoms with Crippen molar-refractivity contribution in [2.75, 3.05) is 26.2 Å². The maximum absolute atomic E-state index is 12.9. The molecule has 1 aromatic heterocycles. The fourth-order valence-corrected chi connectivity index (χ4v) is 4.63. The molecule has 2 amide bonds. The summed E-state index contributed by atoms with van der Waals surface area (Å²) in [6.45, 7) is 4.74. The van der Waals surface area contributed by atoms with Gasteiger partial charge in [0.25, 0.3) is 0 Å². The summed E-state index contributed by atoms with van der Waals surface area (Å²) in [4.78, 5) is 21.6. The van der Waals surface area contributed by atoms with Gasteiger partial charge in [0.05, 0.1) is 6.04 Å². The number of pyridine rings is 1. The molecule has 5 heteroatoms. The second kappa shape index (κ2) is 9.88. The van der Waals surface area contributed by atoms with Gasteiger partial charge in [-0.25, -0.2) is 4.79 Å². The molecular weight excluding hydrogens is 360 g/mol. The van der Waals surface area contributed by atoms with Gasteiger partial charge in [0, 0.05) is 45.1 Å². The minimum absolute atomic E-state index is 0.0812. The maximum atomic E-state index is 12.9. The lowest BCUT2D eigenvalue weighted by Gasteiger charge is -2.31. The molecule has 0 bridgehead atoms. The maximum Gasteiger partial charge on any atom is 0.317 e. The Morgan fingerprint density at radius 3 is 2.72 bits per heavy atom. The van der Waals surface area contributed by atoms with E-state index in [1.807, 2.05) is 29.4 Å². The van der Waals surface area contributed by atoms with E-state index >= 15 is 0 Å². The Labute approximate surface area is 174 Å². The van der Waals surface area contributed by atoms with Gasteiger partial charge in [-0.2, -0.15) is 0 Å². The number of aromatic nitrogens is 1. The predicted molar refractivity (Wildman–Crippen MR) is 116 cm³/mol. The van der Waals surface area contributed by atoms with E-state index in [1.54, 1.807) is 0 Å². The van der Waals surface area contributed by atoms with Gasteiger partial charge in [0.15, 0.2) is 0 Å². The molecule has 0 radical (unpaired) electrons. The third-order valence-electron chi connectivity index (χ3n) is 6.24. The van der Waals surface area contributed by atoms with Crippen molar-refractivity contribution in [3.05, 3.63) is 65.5 Å². The largest absolute Gasteiger partial charge is 0.338 e. The molecule has 1 unspecified atom stereocenters. The van der Waals surface area contributed by atoms with Crippen LogP contribution in [0.25, 0.3) is 0 Å². The summed E-state index contributed by atoms with van der Waals surface area (Å²) >= 11 is 0. The molecule has 29 heavy (non-hydrogen) atoms. The van der Waals surface area contributed by atoms with Crippen LogP contribution in [0.5, 0.6) is 0 Å². The van der Waals surface area contributed by atoms with Crippen molar-refractivity contribution in [2.24, 2.45) is 0 Å². The van der Waals surface area contributed by atoms with Crippen molar-refractivity contribution in [3.8, 4) is 0 Å². The summed E-state index contributed by atoms with van der Waals surface area (Å²) in [6.07, 6.45) is 10.3. The van der Waals surface area contributed by atoms with Gasteiger partial charge in [-0.15, -0.1) is 0 Å². The van der Waals surface area contributed by atoms with E-state index in [0.717, 1.165) is 58.4 Å². The van der Waals surface area contributed by atoms with E-state index in [1.165, 1.54) is 29.5 Å². The summed E-state index contributed by atoms with van der Waals surface area (Å²) in [5.41, 5.74) is 4.14. The minimum Gasteiger partial charge on any atom is -0.338 e. The van der Waals surface area contributed by atoms with Gasteiger partial charge in [0.2, 0.25) is 0 Å². The normalized spacial score (nSPS) is 20.0. The van der Waals surface area contributed by atoms with E-state index in [2.05, 4.69) is 39.5 Å². The molecule has 2 aliphatic heterocycles. The molecule has 2 aliphatic rings. The summed E-state index contributed by atoms with van der Waals surface area (Å²) in [6, 6.07) is 13.1. The van der Waals surface area contributed by atoms with E-state index in [4.69, 9.17) is 0 Å². The van der Waals surface area contributed by atoms with E-state index < -0.39 is 0 Å². The van der Waals surface area contributed by atoms with Crippen LogP contribution in [0.1, 0.15) is 54.8 Å². The zero-order valence-electron chi connectivity index (χ0n) is 17.2. The predicted octanol–water partition coefficient (Wildman–Crippen LogP) is 4.16. The van der Waals surface area contributed by atoms with E-state index in [-0.39, 0.29) is 12.1 Å². The van der Waals surface area contributed by atoms with Crippen molar-refractivity contribution in [1.82, 2.24) is 20.1 Å². The van der Waals surface area contributed by atoms with Gasteiger partial charge >= 0.3 is 6.03 Å². The Bertz CT molecular complexity index is 794. The Hall–Kier alpha value is -2.40. The molecular formula is C24H32N4O. The highest BCUT2D eigenvalue weighted by Crippen LogP contribution is 2.29. The second-order valence-corrected chi connectivity index (χ2v) is 8.22. The van der Waals surface area contributed by atoms with Crippen molar-refractivity contribution in [1.29, 1.82) is 0 Å². The topological polar surface area (TPSA) is 48.5 Å². The molecule has 1 saturated heterocycles. The van der Waals surface area contributed by atoms with Crippen molar-refractivity contribution < 1.29 is 4.79 Å². The van der Waals surface area contributed by atoms with Gasteiger partial charge in [0.1, 0.15) is 0 Å². The van der Waals surface area contributed by atoms with Gasteiger partial charge in [-0.05, 0) is 54.5 Å². The average molecular weight is 393 g/mol. The van der Waals surface area contributed by atoms with Crippen LogP contribution in [-0.4, -0.2) is 47.0 Å². The smallest absolute Gasteiger partial charge is 0.317 e. The number of amides is 2. The van der Waals surface area contributed by atoms with Gasteiger partial charge in [-0.3, -0.25) is 9.88 Å². The number of hydrogen-bond donors (Lipinski definition) is 1. The number of carbonyl (C=O) groups is 1. The first-order chi connectivity index (χ1) is 14.3. The number of likely N-dealkylation sites (tertiary alicyclic amines) is 1. The van der Waals surface area contributed by atoms with Crippen LogP contribution in [-0.2, 0) is 13.0 Å². The average Bonchev–Trinajstić information content (AvgIpc) is 3.03. The molecule has 0 spiro atoms. The Kier molecular flexibility index (Phi) is 6.78. The molecule has 154 valence electrons. The fraction of sp³-hybridized carbons (Fsp3) is 0.500. The third kappa shape index (κ3) is 5.15. The van der Waals surface area contributed by atoms with Crippen LogP contribution in [0, 0.1) is 0 Å². The standard InChI is InChI=1S/C24H32N4O/c29-24(28-17-5-1-2-9-23(28)21-10-14-25-15-11-21)26-13-6-16-27-18-12-20-7-3-4-8-22(20)19-27/h3-4,7-8,10-11,14-15,23H,1-2,5-6,9,12-13,16-19H2,(H,26,29). The van der Waals surface area contributed by atoms with Crippen LogP contribution in [0.3, 0.4) is 0 Å². The molecule has 1 N–H and O–H groups in total. The summed E-state index contributed by atoms with van der Waals surface area (Å²) in [5.74, 6) is 0. The highest BCUT2D eigenvalue weighted by molar-refractivity contribution is 5.74. The lowest BCUT2D eigenvalue weighted by molar-refractivity contribution is 0.174. The van der Waals surface area contributed by atoms with Crippen LogP contribution >= 0.6 is 0 Å². The number of nitrogens with zero attached hydrogens (tertiary/aromatic N) is 3. The molecule has 2 aromatic rings. The molecule has 0 aliphatic carbocycles. The number of rotatable bonds is 5. The lowest BCUT2D eigenvalue weighted by atomic mass is 10.00. The summed E-state index contributed by atoms with van der Waals surface area (Å²) < 4.78 is 0. The van der Waals surface area contributed by atoms with Crippen molar-refractivity contribution >= 4 is 6.03 Å². The molecule has 1 aromatic carbocycles. The monoisotopic (exact) mass is 392 g/mol. The number of hydrogen-bond acceptors (Lipinski definition) is 3. The lowest BCUT2D eigenvalue weighted by Crippen LogP contribution is -2.43. The quantitative estimate of drug-likeness (QED) is 0.778. The zero-order chi connectivity index (χ0) is 19.9. The molecule has 0 saturated carbocycles. The zero-order valence-corrected chi connectivity index (χ0v) is 17.2. The first kappa shape index (κ1) is 19.9. The SMILES string of the molecule is O=C(NCCCN1CCc2ccccc2C1)N1CCCCCC1c1ccncc1. The Morgan fingerprint density at radius 1 is 1.03 bits per heavy atom. The molecule has 5 nitrogen and oxygen atoms in total. The highest BCUT2D eigenvalue weighted by Gasteiger charge is 2.26. The van der Waals surface area contributed by atoms with Crippen molar-refractivity contribution in [2.45, 2.75) is 51.1 Å². The number of nitrogens with one attached hydrogen (secondary N) is 1. The summed E-state index contributed by atoms with van der Waals surface area (Å²) in [7, 11) is 0. The molecule has 4 rings (SSSR count). The van der Waals surface area contributed by atoms with Gasteiger partial charge < -0.3 is 10.2 Å². The highest BCUT2D eigenvalue weighted by atomic mass is 16.2. The van der Waals surface area contributed by atoms with Crippen molar-refractivity contribution in [3.63, 3.8) is 0 Å². The first-order valence-corrected chi connectivity index (χ1v) is 11.0. The minimum atomic E-state index is 0.0812. The number of carbonyl (C=O) groups excluding carboxylic acids is 1. The number of benzene rings is 1. The first-order valence-electron chi connectivity index (χ1n) is 11.0. The number of urea groups is 1. The summed E-state index contributed by atoms with van der Waals surface area (Å²) in [5, 5.41) is 3.18. The third-order valence-corrected chi connectivity index (χ3v) is 6.24. The fourth-order valence-electron chi connectivity index (χ4n) is 4.63. The molecule has 1 fully saturated rings. The van der Waals surface area contributed by atoms with Crippen LogP contribution in [0.4, 0.5) is 4.79 Å². The second-order valence-electron chi connectivity index (χ2n) is 8.22. The number of fused-ring (bicyclic) bond motifs is 1. The van der Waals surface area contributed by atoms with Crippen LogP contribution in [0.2, 0.25) is 0 Å². The van der Waals surface area contributed by atoms with Crippen LogP contribution in [0.15, 0.2) is 48.8 Å².